The molecular weight excluding hydrogens is 324 g/mol. The molecule has 0 saturated heterocycles. The smallest absolute Gasteiger partial charge is 0.224 e. The van der Waals surface area contributed by atoms with E-state index in [2.05, 4.69) is 38.8 Å². The van der Waals surface area contributed by atoms with Crippen molar-refractivity contribution >= 4 is 0 Å². The Hall–Kier alpha value is -2.36. The fourth-order valence-corrected chi connectivity index (χ4v) is 4.48. The van der Waals surface area contributed by atoms with Gasteiger partial charge in [-0.05, 0) is 38.7 Å². The monoisotopic (exact) mass is 350 g/mol. The third-order valence-electron chi connectivity index (χ3n) is 6.11. The molecule has 2 heterocycles. The summed E-state index contributed by atoms with van der Waals surface area (Å²) in [6, 6.07) is 10.1. The van der Waals surface area contributed by atoms with E-state index in [0.29, 0.717) is 30.0 Å². The summed E-state index contributed by atoms with van der Waals surface area (Å²) in [5.41, 5.74) is 2.94. The van der Waals surface area contributed by atoms with Gasteiger partial charge in [-0.15, -0.1) is 0 Å². The standard InChI is InChI=1S/C22H26N2O2/c1-13-10-11-16-18(14(13)2)19-20(25)23-17(12-15-8-6-5-7-9-15)24-21(19)26-22(16,3)4/h5-10,14,16,18H,11-12H2,1-4H3,(H,23,24,25)/t14-,16?,18?/m0/s1. The van der Waals surface area contributed by atoms with Crippen LogP contribution in [0.25, 0.3) is 0 Å². The van der Waals surface area contributed by atoms with Crippen molar-refractivity contribution in [2.45, 2.75) is 52.1 Å². The summed E-state index contributed by atoms with van der Waals surface area (Å²) in [7, 11) is 0. The van der Waals surface area contributed by atoms with Gasteiger partial charge in [-0.2, -0.15) is 9.97 Å². The lowest BCUT2D eigenvalue weighted by Gasteiger charge is -2.48. The van der Waals surface area contributed by atoms with E-state index in [4.69, 9.17) is 9.72 Å². The quantitative estimate of drug-likeness (QED) is 0.802. The summed E-state index contributed by atoms with van der Waals surface area (Å²) < 4.78 is 6.29. The SMILES string of the molecule is CC1=CCC2C(c3c(O)nc(Cc4ccccc4)nc3OC2(C)C)[C@H]1C. The van der Waals surface area contributed by atoms with Crippen molar-refractivity contribution in [2.75, 3.05) is 0 Å². The maximum atomic E-state index is 10.8. The molecule has 26 heavy (non-hydrogen) atoms. The van der Waals surface area contributed by atoms with Crippen molar-refractivity contribution in [3.63, 3.8) is 0 Å². The molecule has 0 saturated carbocycles. The molecular formula is C22H26N2O2. The molecule has 1 aliphatic carbocycles. The number of rotatable bonds is 2. The van der Waals surface area contributed by atoms with Crippen molar-refractivity contribution in [3.8, 4) is 11.8 Å². The number of aromatic hydroxyl groups is 1. The average molecular weight is 350 g/mol. The van der Waals surface area contributed by atoms with Crippen LogP contribution in [0.5, 0.6) is 11.8 Å². The fraction of sp³-hybridized carbons (Fsp3) is 0.455. The number of hydrogen-bond donors (Lipinski definition) is 1. The molecule has 4 heteroatoms. The molecule has 0 fully saturated rings. The Balaban J connectivity index is 1.78. The summed E-state index contributed by atoms with van der Waals surface area (Å²) in [4.78, 5) is 9.13. The van der Waals surface area contributed by atoms with E-state index in [1.807, 2.05) is 30.3 Å². The average Bonchev–Trinajstić information content (AvgIpc) is 2.58. The highest BCUT2D eigenvalue weighted by molar-refractivity contribution is 5.44. The molecule has 4 rings (SSSR count). The molecule has 4 nitrogen and oxygen atoms in total. The molecule has 0 amide bonds. The van der Waals surface area contributed by atoms with E-state index in [-0.39, 0.29) is 17.4 Å². The van der Waals surface area contributed by atoms with E-state index in [9.17, 15) is 5.11 Å². The first-order valence-corrected chi connectivity index (χ1v) is 9.36. The Bertz CT molecular complexity index is 858. The highest BCUT2D eigenvalue weighted by Gasteiger charge is 2.49. The van der Waals surface area contributed by atoms with Gasteiger partial charge in [0.1, 0.15) is 11.4 Å². The number of nitrogens with zero attached hydrogens (tertiary/aromatic N) is 2. The second kappa shape index (κ2) is 6.11. The number of benzene rings is 1. The molecule has 1 aromatic heterocycles. The minimum absolute atomic E-state index is 0.0768. The predicted molar refractivity (Wildman–Crippen MR) is 101 cm³/mol. The summed E-state index contributed by atoms with van der Waals surface area (Å²) in [5, 5.41) is 10.8. The summed E-state index contributed by atoms with van der Waals surface area (Å²) in [5.74, 6) is 2.06. The number of allylic oxidation sites excluding steroid dienone is 2. The van der Waals surface area contributed by atoms with Crippen LogP contribution in [-0.2, 0) is 6.42 Å². The van der Waals surface area contributed by atoms with Gasteiger partial charge in [0.05, 0.1) is 5.56 Å². The second-order valence-corrected chi connectivity index (χ2v) is 8.15. The molecule has 3 atom stereocenters. The van der Waals surface area contributed by atoms with E-state index in [0.717, 1.165) is 17.5 Å². The molecule has 1 aromatic carbocycles. The highest BCUT2D eigenvalue weighted by atomic mass is 16.5. The zero-order valence-corrected chi connectivity index (χ0v) is 15.9. The normalized spacial score (nSPS) is 26.3. The van der Waals surface area contributed by atoms with Crippen LogP contribution in [0.3, 0.4) is 0 Å². The van der Waals surface area contributed by atoms with Crippen LogP contribution in [-0.4, -0.2) is 20.7 Å². The lowest BCUT2D eigenvalue weighted by Crippen LogP contribution is -2.47. The summed E-state index contributed by atoms with van der Waals surface area (Å²) in [6.45, 7) is 8.66. The van der Waals surface area contributed by atoms with Gasteiger partial charge in [-0.25, -0.2) is 0 Å². The van der Waals surface area contributed by atoms with Crippen LogP contribution in [0.1, 0.15) is 57.0 Å². The van der Waals surface area contributed by atoms with Crippen molar-refractivity contribution in [1.82, 2.24) is 9.97 Å². The molecule has 0 bridgehead atoms. The van der Waals surface area contributed by atoms with Gasteiger partial charge in [0, 0.05) is 18.3 Å². The van der Waals surface area contributed by atoms with Crippen LogP contribution < -0.4 is 4.74 Å². The van der Waals surface area contributed by atoms with E-state index in [1.165, 1.54) is 5.57 Å². The van der Waals surface area contributed by atoms with E-state index in [1.54, 1.807) is 0 Å². The minimum atomic E-state index is -0.325. The maximum Gasteiger partial charge on any atom is 0.224 e. The predicted octanol–water partition coefficient (Wildman–Crippen LogP) is 4.63. The van der Waals surface area contributed by atoms with Crippen LogP contribution in [0.2, 0.25) is 0 Å². The van der Waals surface area contributed by atoms with E-state index >= 15 is 0 Å². The van der Waals surface area contributed by atoms with Crippen molar-refractivity contribution in [2.24, 2.45) is 11.8 Å². The number of hydrogen-bond acceptors (Lipinski definition) is 4. The first-order valence-electron chi connectivity index (χ1n) is 9.36. The van der Waals surface area contributed by atoms with Crippen molar-refractivity contribution < 1.29 is 9.84 Å². The number of aromatic nitrogens is 2. The van der Waals surface area contributed by atoms with E-state index < -0.39 is 0 Å². The molecule has 0 spiro atoms. The first kappa shape index (κ1) is 17.1. The second-order valence-electron chi connectivity index (χ2n) is 8.15. The van der Waals surface area contributed by atoms with Crippen molar-refractivity contribution in [3.05, 3.63) is 58.9 Å². The molecule has 136 valence electrons. The van der Waals surface area contributed by atoms with Gasteiger partial charge in [0.2, 0.25) is 11.8 Å². The lowest BCUT2D eigenvalue weighted by atomic mass is 9.63. The Morgan fingerprint density at radius 1 is 1.19 bits per heavy atom. The molecule has 2 aromatic rings. The third kappa shape index (κ3) is 2.77. The Morgan fingerprint density at radius 2 is 1.92 bits per heavy atom. The summed E-state index contributed by atoms with van der Waals surface area (Å²) >= 11 is 0. The molecule has 1 N–H and O–H groups in total. The van der Waals surface area contributed by atoms with Crippen LogP contribution in [0, 0.1) is 11.8 Å². The summed E-state index contributed by atoms with van der Waals surface area (Å²) in [6.07, 6.45) is 3.84. The van der Waals surface area contributed by atoms with Crippen LogP contribution >= 0.6 is 0 Å². The maximum absolute atomic E-state index is 10.8. The Morgan fingerprint density at radius 3 is 2.65 bits per heavy atom. The minimum Gasteiger partial charge on any atom is -0.493 e. The number of ether oxygens (including phenoxy) is 1. The van der Waals surface area contributed by atoms with Gasteiger partial charge < -0.3 is 9.84 Å². The molecule has 0 radical (unpaired) electrons. The van der Waals surface area contributed by atoms with Gasteiger partial charge >= 0.3 is 0 Å². The molecule has 1 aliphatic heterocycles. The number of fused-ring (bicyclic) bond motifs is 3. The van der Waals surface area contributed by atoms with Crippen LogP contribution in [0.15, 0.2) is 42.0 Å². The Labute approximate surface area is 155 Å². The zero-order chi connectivity index (χ0) is 18.5. The third-order valence-corrected chi connectivity index (χ3v) is 6.11. The topological polar surface area (TPSA) is 55.2 Å². The molecule has 2 unspecified atom stereocenters. The highest BCUT2D eigenvalue weighted by Crippen LogP contribution is 2.54. The largest absolute Gasteiger partial charge is 0.493 e. The first-order chi connectivity index (χ1) is 12.4. The van der Waals surface area contributed by atoms with Crippen molar-refractivity contribution in [1.29, 1.82) is 0 Å². The van der Waals surface area contributed by atoms with Gasteiger partial charge in [-0.3, -0.25) is 0 Å². The fourth-order valence-electron chi connectivity index (χ4n) is 4.48. The van der Waals surface area contributed by atoms with Gasteiger partial charge in [0.25, 0.3) is 0 Å². The lowest BCUT2D eigenvalue weighted by molar-refractivity contribution is -0.00647. The van der Waals surface area contributed by atoms with Gasteiger partial charge in [0.15, 0.2) is 0 Å². The molecule has 2 aliphatic rings. The van der Waals surface area contributed by atoms with Crippen LogP contribution in [0.4, 0.5) is 0 Å². The van der Waals surface area contributed by atoms with Gasteiger partial charge in [-0.1, -0.05) is 48.9 Å². The Kier molecular flexibility index (Phi) is 4.02. The zero-order valence-electron chi connectivity index (χ0n) is 15.9.